The van der Waals surface area contributed by atoms with Gasteiger partial charge in [0.05, 0.1) is 0 Å². The average Bonchev–Trinajstić information content (AvgIpc) is 2.53. The molecule has 0 spiro atoms. The molecule has 0 atom stereocenters. The molecule has 0 aliphatic heterocycles. The van der Waals surface area contributed by atoms with Crippen LogP contribution in [0.25, 0.3) is 0 Å². The molecule has 0 aromatic carbocycles. The van der Waals surface area contributed by atoms with Crippen LogP contribution in [0.1, 0.15) is 23.4 Å². The maximum atomic E-state index is 10.6. The van der Waals surface area contributed by atoms with Gasteiger partial charge in [0.2, 0.25) is 5.89 Å². The first-order valence-electron chi connectivity index (χ1n) is 4.07. The first-order chi connectivity index (χ1) is 6.24. The number of nitrogens with two attached hydrogens (primary N) is 1. The van der Waals surface area contributed by atoms with Crippen LogP contribution in [0, 0.1) is 0 Å². The van der Waals surface area contributed by atoms with Crippen LogP contribution in [-0.4, -0.2) is 29.1 Å². The number of nitrogens with one attached hydrogen (secondary N) is 1. The zero-order valence-corrected chi connectivity index (χ0v) is 7.41. The van der Waals surface area contributed by atoms with E-state index in [2.05, 4.69) is 15.5 Å². The number of amides is 1. The lowest BCUT2D eigenvalue weighted by Crippen LogP contribution is -2.16. The van der Waals surface area contributed by atoms with Gasteiger partial charge in [-0.3, -0.25) is 4.79 Å². The predicted octanol–water partition coefficient (Wildman–Crippen LogP) is -0.679. The van der Waals surface area contributed by atoms with Crippen LogP contribution in [0.4, 0.5) is 0 Å². The van der Waals surface area contributed by atoms with E-state index in [0.29, 0.717) is 12.3 Å². The molecule has 6 heteroatoms. The average molecular weight is 184 g/mol. The van der Waals surface area contributed by atoms with E-state index < -0.39 is 5.91 Å². The van der Waals surface area contributed by atoms with Crippen LogP contribution in [0.5, 0.6) is 0 Å². The summed E-state index contributed by atoms with van der Waals surface area (Å²) in [6.07, 6.45) is 0.605. The number of carbonyl (C=O) groups is 1. The number of nitrogens with zero attached hydrogens (tertiary/aromatic N) is 2. The van der Waals surface area contributed by atoms with E-state index >= 15 is 0 Å². The van der Waals surface area contributed by atoms with Crippen LogP contribution >= 0.6 is 0 Å². The third-order valence-corrected chi connectivity index (χ3v) is 1.45. The molecular weight excluding hydrogens is 172 g/mol. The summed E-state index contributed by atoms with van der Waals surface area (Å²) in [6, 6.07) is 0. The second kappa shape index (κ2) is 4.56. The van der Waals surface area contributed by atoms with Crippen LogP contribution in [-0.2, 0) is 6.42 Å². The molecule has 1 rings (SSSR count). The first-order valence-corrected chi connectivity index (χ1v) is 4.07. The highest BCUT2D eigenvalue weighted by molar-refractivity contribution is 5.88. The minimum Gasteiger partial charge on any atom is -0.363 e. The molecule has 1 heterocycles. The molecule has 0 aliphatic carbocycles. The van der Waals surface area contributed by atoms with Gasteiger partial charge in [0.1, 0.15) is 0 Å². The fraction of sp³-hybridized carbons (Fsp3) is 0.571. The summed E-state index contributed by atoms with van der Waals surface area (Å²) in [4.78, 5) is 14.4. The number of carbonyl (C=O) groups excluding carboxylic acids is 1. The summed E-state index contributed by atoms with van der Waals surface area (Å²) in [7, 11) is 0. The fourth-order valence-electron chi connectivity index (χ4n) is 0.829. The van der Waals surface area contributed by atoms with E-state index in [1.54, 1.807) is 0 Å². The molecular formula is C7H12N4O2. The number of hydrogen-bond donors (Lipinski definition) is 2. The highest BCUT2D eigenvalue weighted by Crippen LogP contribution is 1.96. The number of rotatable bonds is 5. The van der Waals surface area contributed by atoms with Crippen LogP contribution in [0.3, 0.4) is 0 Å². The fourth-order valence-corrected chi connectivity index (χ4v) is 0.829. The predicted molar refractivity (Wildman–Crippen MR) is 45.1 cm³/mol. The molecule has 6 nitrogen and oxygen atoms in total. The van der Waals surface area contributed by atoms with Gasteiger partial charge in [-0.1, -0.05) is 12.1 Å². The molecule has 0 bridgehead atoms. The van der Waals surface area contributed by atoms with Crippen molar-refractivity contribution in [2.24, 2.45) is 5.73 Å². The van der Waals surface area contributed by atoms with E-state index in [1.807, 2.05) is 6.92 Å². The molecule has 1 aromatic heterocycles. The summed E-state index contributed by atoms with van der Waals surface area (Å²) >= 11 is 0. The van der Waals surface area contributed by atoms with Gasteiger partial charge in [0, 0.05) is 13.0 Å². The van der Waals surface area contributed by atoms with E-state index in [9.17, 15) is 4.79 Å². The Hall–Kier alpha value is -1.43. The molecule has 3 N–H and O–H groups in total. The molecule has 0 saturated heterocycles. The topological polar surface area (TPSA) is 94.0 Å². The molecule has 13 heavy (non-hydrogen) atoms. The quantitative estimate of drug-likeness (QED) is 0.591. The highest BCUT2D eigenvalue weighted by Gasteiger charge is 2.09. The lowest BCUT2D eigenvalue weighted by Gasteiger charge is -1.94. The van der Waals surface area contributed by atoms with Gasteiger partial charge in [-0.25, -0.2) is 0 Å². The number of likely N-dealkylation sites (N-methyl/N-ethyl adjacent to an activating group) is 1. The summed E-state index contributed by atoms with van der Waals surface area (Å²) in [6.45, 7) is 3.64. The van der Waals surface area contributed by atoms with Crippen LogP contribution in [0.15, 0.2) is 4.52 Å². The van der Waals surface area contributed by atoms with E-state index in [-0.39, 0.29) is 5.82 Å². The van der Waals surface area contributed by atoms with Gasteiger partial charge < -0.3 is 15.6 Å². The lowest BCUT2D eigenvalue weighted by molar-refractivity contribution is 0.0987. The third kappa shape index (κ3) is 2.83. The van der Waals surface area contributed by atoms with Gasteiger partial charge in [0.25, 0.3) is 11.7 Å². The zero-order chi connectivity index (χ0) is 9.68. The Labute approximate surface area is 75.5 Å². The molecule has 0 unspecified atom stereocenters. The highest BCUT2D eigenvalue weighted by atomic mass is 16.5. The maximum absolute atomic E-state index is 10.6. The third-order valence-electron chi connectivity index (χ3n) is 1.45. The molecule has 1 amide bonds. The molecule has 0 saturated carbocycles. The normalized spacial score (nSPS) is 10.2. The Kier molecular flexibility index (Phi) is 3.39. The van der Waals surface area contributed by atoms with Crippen molar-refractivity contribution in [3.05, 3.63) is 11.7 Å². The summed E-state index contributed by atoms with van der Waals surface area (Å²) in [5.74, 6) is -0.306. The van der Waals surface area contributed by atoms with Gasteiger partial charge >= 0.3 is 0 Å². The van der Waals surface area contributed by atoms with Crippen molar-refractivity contribution < 1.29 is 9.32 Å². The monoisotopic (exact) mass is 184 g/mol. The van der Waals surface area contributed by atoms with Gasteiger partial charge in [-0.2, -0.15) is 4.98 Å². The van der Waals surface area contributed by atoms with Gasteiger partial charge in [-0.15, -0.1) is 0 Å². The Morgan fingerprint density at radius 2 is 2.46 bits per heavy atom. The van der Waals surface area contributed by atoms with Crippen molar-refractivity contribution in [3.63, 3.8) is 0 Å². The summed E-state index contributed by atoms with van der Waals surface area (Å²) in [5.41, 5.74) is 4.94. The van der Waals surface area contributed by atoms with Crippen LogP contribution in [0.2, 0.25) is 0 Å². The number of hydrogen-bond acceptors (Lipinski definition) is 5. The van der Waals surface area contributed by atoms with E-state index in [1.165, 1.54) is 0 Å². The first kappa shape index (κ1) is 9.66. The Bertz CT molecular complexity index is 284. The minimum atomic E-state index is -0.668. The number of aromatic nitrogens is 2. The maximum Gasteiger partial charge on any atom is 0.290 e. The van der Waals surface area contributed by atoms with Crippen molar-refractivity contribution in [2.75, 3.05) is 13.1 Å². The van der Waals surface area contributed by atoms with Crippen molar-refractivity contribution >= 4 is 5.91 Å². The zero-order valence-electron chi connectivity index (χ0n) is 7.41. The van der Waals surface area contributed by atoms with Crippen molar-refractivity contribution in [2.45, 2.75) is 13.3 Å². The van der Waals surface area contributed by atoms with Gasteiger partial charge in [-0.05, 0) is 6.54 Å². The van der Waals surface area contributed by atoms with Crippen molar-refractivity contribution in [3.8, 4) is 0 Å². The molecule has 0 aliphatic rings. The largest absolute Gasteiger partial charge is 0.363 e. The Morgan fingerprint density at radius 3 is 3.00 bits per heavy atom. The standard InChI is InChI=1S/C7H12N4O2/c1-2-9-4-3-5-10-7(6(8)12)11-13-5/h9H,2-4H2,1H3,(H2,8,12). The molecule has 1 aromatic rings. The minimum absolute atomic E-state index is 0.0634. The second-order valence-corrected chi connectivity index (χ2v) is 2.48. The molecule has 0 fully saturated rings. The van der Waals surface area contributed by atoms with Crippen LogP contribution < -0.4 is 11.1 Å². The Balaban J connectivity index is 2.44. The summed E-state index contributed by atoms with van der Waals surface area (Å²) in [5, 5.41) is 6.50. The number of primary amides is 1. The van der Waals surface area contributed by atoms with Gasteiger partial charge in [0.15, 0.2) is 0 Å². The summed E-state index contributed by atoms with van der Waals surface area (Å²) < 4.78 is 4.77. The van der Waals surface area contributed by atoms with Crippen molar-refractivity contribution in [1.29, 1.82) is 0 Å². The Morgan fingerprint density at radius 1 is 1.69 bits per heavy atom. The SMILES string of the molecule is CCNCCc1nc(C(N)=O)no1. The van der Waals surface area contributed by atoms with E-state index in [4.69, 9.17) is 10.3 Å². The molecule has 0 radical (unpaired) electrons. The van der Waals surface area contributed by atoms with Crippen molar-refractivity contribution in [1.82, 2.24) is 15.5 Å². The second-order valence-electron chi connectivity index (χ2n) is 2.48. The van der Waals surface area contributed by atoms with E-state index in [0.717, 1.165) is 13.1 Å². The lowest BCUT2D eigenvalue weighted by atomic mass is 10.4. The molecule has 72 valence electrons. The smallest absolute Gasteiger partial charge is 0.290 e.